The largest absolute Gasteiger partial charge is 0.455 e. The molecule has 106 valence electrons. The molecule has 0 aliphatic rings. The second-order valence-corrected chi connectivity index (χ2v) is 4.35. The van der Waals surface area contributed by atoms with Crippen LogP contribution in [0.2, 0.25) is 0 Å². The van der Waals surface area contributed by atoms with Crippen molar-refractivity contribution in [3.05, 3.63) is 53.1 Å². The normalized spacial score (nSPS) is 11.5. The lowest BCUT2D eigenvalue weighted by molar-refractivity contribution is -0.141. The molecule has 0 fully saturated rings. The van der Waals surface area contributed by atoms with Crippen LogP contribution in [0.3, 0.4) is 0 Å². The molecule has 6 heteroatoms. The van der Waals surface area contributed by atoms with E-state index in [-0.39, 0.29) is 11.3 Å². The summed E-state index contributed by atoms with van der Waals surface area (Å²) in [5.74, 6) is 0.133. The molecule has 0 saturated carbocycles. The number of nitrogens with zero attached hydrogens (tertiary/aromatic N) is 1. The van der Waals surface area contributed by atoms with E-state index in [9.17, 15) is 17.6 Å². The zero-order valence-corrected chi connectivity index (χ0v) is 10.8. The van der Waals surface area contributed by atoms with E-state index in [0.29, 0.717) is 11.3 Å². The van der Waals surface area contributed by atoms with Crippen LogP contribution in [0.4, 0.5) is 17.6 Å². The Labute approximate surface area is 113 Å². The minimum atomic E-state index is -4.49. The van der Waals surface area contributed by atoms with Gasteiger partial charge in [-0.05, 0) is 49.2 Å². The van der Waals surface area contributed by atoms with Crippen molar-refractivity contribution in [2.24, 2.45) is 0 Å². The second-order valence-electron chi connectivity index (χ2n) is 4.35. The van der Waals surface area contributed by atoms with Gasteiger partial charge in [0, 0.05) is 0 Å². The van der Waals surface area contributed by atoms with Crippen LogP contribution in [0.15, 0.2) is 30.5 Å². The Bertz CT molecular complexity index is 638. The Hall–Kier alpha value is -2.11. The van der Waals surface area contributed by atoms with Gasteiger partial charge in [0.15, 0.2) is 0 Å². The third kappa shape index (κ3) is 3.07. The summed E-state index contributed by atoms with van der Waals surface area (Å²) in [7, 11) is 0. The van der Waals surface area contributed by atoms with E-state index in [2.05, 4.69) is 4.98 Å². The Balaban J connectivity index is 2.29. The number of halogens is 4. The van der Waals surface area contributed by atoms with Crippen LogP contribution in [-0.2, 0) is 6.18 Å². The quantitative estimate of drug-likeness (QED) is 0.749. The average molecular weight is 285 g/mol. The van der Waals surface area contributed by atoms with Gasteiger partial charge in [-0.15, -0.1) is 0 Å². The third-order valence-corrected chi connectivity index (χ3v) is 2.69. The first kappa shape index (κ1) is 14.3. The standard InChI is InChI=1S/C14H11F4NO/c1-8-5-10(15)3-4-12(8)20-11-6-9(2)13(19-7-11)14(16,17)18/h3-7H,1-2H3. The summed E-state index contributed by atoms with van der Waals surface area (Å²) in [5.41, 5.74) is -0.432. The molecule has 1 aromatic carbocycles. The van der Waals surface area contributed by atoms with Gasteiger partial charge in [0.2, 0.25) is 0 Å². The molecule has 2 rings (SSSR count). The summed E-state index contributed by atoms with van der Waals surface area (Å²) in [6.07, 6.45) is -3.49. The first-order chi connectivity index (χ1) is 9.27. The molecule has 1 aromatic heterocycles. The van der Waals surface area contributed by atoms with Crippen LogP contribution >= 0.6 is 0 Å². The Morgan fingerprint density at radius 2 is 1.75 bits per heavy atom. The monoisotopic (exact) mass is 285 g/mol. The van der Waals surface area contributed by atoms with Crippen LogP contribution in [0.1, 0.15) is 16.8 Å². The van der Waals surface area contributed by atoms with E-state index in [0.717, 1.165) is 6.20 Å². The zero-order valence-electron chi connectivity index (χ0n) is 10.8. The SMILES string of the molecule is Cc1cc(F)ccc1Oc1cnc(C(F)(F)F)c(C)c1. The molecule has 1 heterocycles. The molecule has 2 aromatic rings. The maximum absolute atomic E-state index is 12.9. The minimum Gasteiger partial charge on any atom is -0.455 e. The Morgan fingerprint density at radius 3 is 2.30 bits per heavy atom. The van der Waals surface area contributed by atoms with E-state index in [1.807, 2.05) is 0 Å². The van der Waals surface area contributed by atoms with Gasteiger partial charge in [-0.1, -0.05) is 0 Å². The van der Waals surface area contributed by atoms with Gasteiger partial charge < -0.3 is 4.74 Å². The predicted octanol–water partition coefficient (Wildman–Crippen LogP) is 4.65. The molecule has 0 atom stereocenters. The van der Waals surface area contributed by atoms with E-state index < -0.39 is 17.7 Å². The van der Waals surface area contributed by atoms with Crippen molar-refractivity contribution in [1.29, 1.82) is 0 Å². The summed E-state index contributed by atoms with van der Waals surface area (Å²) >= 11 is 0. The Morgan fingerprint density at radius 1 is 1.05 bits per heavy atom. The molecular formula is C14H11F4NO. The summed E-state index contributed by atoms with van der Waals surface area (Å²) < 4.78 is 56.1. The van der Waals surface area contributed by atoms with Crippen molar-refractivity contribution >= 4 is 0 Å². The van der Waals surface area contributed by atoms with Crippen LogP contribution in [0.5, 0.6) is 11.5 Å². The molecule has 0 amide bonds. The third-order valence-electron chi connectivity index (χ3n) is 2.69. The van der Waals surface area contributed by atoms with Gasteiger partial charge in [-0.25, -0.2) is 9.37 Å². The van der Waals surface area contributed by atoms with Crippen LogP contribution in [-0.4, -0.2) is 4.98 Å². The highest BCUT2D eigenvalue weighted by Gasteiger charge is 2.34. The smallest absolute Gasteiger partial charge is 0.433 e. The molecular weight excluding hydrogens is 274 g/mol. The maximum atomic E-state index is 12.9. The van der Waals surface area contributed by atoms with Crippen LogP contribution in [0.25, 0.3) is 0 Å². The number of aryl methyl sites for hydroxylation is 2. The first-order valence-electron chi connectivity index (χ1n) is 5.75. The number of alkyl halides is 3. The maximum Gasteiger partial charge on any atom is 0.433 e. The van der Waals surface area contributed by atoms with Gasteiger partial charge in [0.25, 0.3) is 0 Å². The van der Waals surface area contributed by atoms with E-state index >= 15 is 0 Å². The van der Waals surface area contributed by atoms with Crippen LogP contribution in [0, 0.1) is 19.7 Å². The molecule has 0 saturated heterocycles. The summed E-state index contributed by atoms with van der Waals surface area (Å²) in [6.45, 7) is 2.95. The lowest BCUT2D eigenvalue weighted by Gasteiger charge is -2.12. The number of rotatable bonds is 2. The highest BCUT2D eigenvalue weighted by molar-refractivity contribution is 5.38. The van der Waals surface area contributed by atoms with Crippen molar-refractivity contribution in [1.82, 2.24) is 4.98 Å². The fourth-order valence-corrected chi connectivity index (χ4v) is 1.76. The molecule has 20 heavy (non-hydrogen) atoms. The van der Waals surface area contributed by atoms with Crippen molar-refractivity contribution in [3.63, 3.8) is 0 Å². The molecule has 0 spiro atoms. The minimum absolute atomic E-state index is 0.0326. The second kappa shape index (κ2) is 5.11. The average Bonchev–Trinajstić information content (AvgIpc) is 2.31. The summed E-state index contributed by atoms with van der Waals surface area (Å²) in [4.78, 5) is 3.37. The fraction of sp³-hybridized carbons (Fsp3) is 0.214. The number of hydrogen-bond acceptors (Lipinski definition) is 2. The molecule has 0 aliphatic carbocycles. The number of pyridine rings is 1. The van der Waals surface area contributed by atoms with E-state index in [4.69, 9.17) is 4.74 Å². The zero-order chi connectivity index (χ0) is 14.9. The van der Waals surface area contributed by atoms with Gasteiger partial charge in [-0.2, -0.15) is 13.2 Å². The molecule has 2 nitrogen and oxygen atoms in total. The molecule has 0 unspecified atom stereocenters. The van der Waals surface area contributed by atoms with Gasteiger partial charge in [-0.3, -0.25) is 0 Å². The molecule has 0 bridgehead atoms. The van der Waals surface area contributed by atoms with Crippen molar-refractivity contribution in [2.45, 2.75) is 20.0 Å². The number of ether oxygens (including phenoxy) is 1. The number of hydrogen-bond donors (Lipinski definition) is 0. The predicted molar refractivity (Wildman–Crippen MR) is 65.2 cm³/mol. The first-order valence-corrected chi connectivity index (χ1v) is 5.75. The summed E-state index contributed by atoms with van der Waals surface area (Å²) in [5, 5.41) is 0. The van der Waals surface area contributed by atoms with Crippen molar-refractivity contribution < 1.29 is 22.3 Å². The van der Waals surface area contributed by atoms with Gasteiger partial charge in [0.1, 0.15) is 23.0 Å². The number of benzene rings is 1. The highest BCUT2D eigenvalue weighted by Crippen LogP contribution is 2.32. The molecule has 0 N–H and O–H groups in total. The summed E-state index contributed by atoms with van der Waals surface area (Å²) in [6, 6.07) is 5.16. The lowest BCUT2D eigenvalue weighted by Crippen LogP contribution is -2.10. The van der Waals surface area contributed by atoms with Gasteiger partial charge in [0.05, 0.1) is 6.20 Å². The van der Waals surface area contributed by atoms with Crippen molar-refractivity contribution in [2.75, 3.05) is 0 Å². The topological polar surface area (TPSA) is 22.1 Å². The van der Waals surface area contributed by atoms with Crippen molar-refractivity contribution in [3.8, 4) is 11.5 Å². The highest BCUT2D eigenvalue weighted by atomic mass is 19.4. The number of aromatic nitrogens is 1. The molecule has 0 radical (unpaired) electrons. The van der Waals surface area contributed by atoms with Crippen LogP contribution < -0.4 is 4.74 Å². The Kier molecular flexibility index (Phi) is 3.65. The lowest BCUT2D eigenvalue weighted by atomic mass is 10.2. The van der Waals surface area contributed by atoms with E-state index in [1.165, 1.54) is 31.2 Å². The van der Waals surface area contributed by atoms with Gasteiger partial charge >= 0.3 is 6.18 Å². The fourth-order valence-electron chi connectivity index (χ4n) is 1.76. The van der Waals surface area contributed by atoms with E-state index in [1.54, 1.807) is 6.92 Å². The molecule has 0 aliphatic heterocycles.